The quantitative estimate of drug-likeness (QED) is 0.190. The number of hydrogen-bond donors (Lipinski definition) is 5. The van der Waals surface area contributed by atoms with Crippen molar-refractivity contribution in [3.8, 4) is 0 Å². The van der Waals surface area contributed by atoms with E-state index in [0.29, 0.717) is 0 Å². The van der Waals surface area contributed by atoms with Crippen molar-refractivity contribution in [2.75, 3.05) is 13.2 Å². The molecule has 2 aliphatic rings. The molecule has 5 N–H and O–H groups in total. The van der Waals surface area contributed by atoms with Crippen molar-refractivity contribution in [1.29, 1.82) is 0 Å². The molecule has 0 saturated carbocycles. The van der Waals surface area contributed by atoms with Gasteiger partial charge in [0.2, 0.25) is 0 Å². The molecule has 44 heavy (non-hydrogen) atoms. The minimum atomic E-state index is -1.67. The van der Waals surface area contributed by atoms with Gasteiger partial charge in [-0.25, -0.2) is 0 Å². The molecule has 11 nitrogen and oxygen atoms in total. The monoisotopic (exact) mass is 612 g/mol. The fourth-order valence-electron chi connectivity index (χ4n) is 5.22. The summed E-state index contributed by atoms with van der Waals surface area (Å²) in [7, 11) is 0. The molecule has 0 spiro atoms. The summed E-state index contributed by atoms with van der Waals surface area (Å²) in [5.41, 5.74) is 2.66. The minimum absolute atomic E-state index is 0.0266. The third-order valence-corrected chi connectivity index (χ3v) is 7.70. The van der Waals surface area contributed by atoms with Gasteiger partial charge in [0, 0.05) is 0 Å². The van der Waals surface area contributed by atoms with E-state index in [1.165, 1.54) is 0 Å². The van der Waals surface area contributed by atoms with Crippen LogP contribution in [0, 0.1) is 0 Å². The van der Waals surface area contributed by atoms with Crippen molar-refractivity contribution in [3.63, 3.8) is 0 Å². The van der Waals surface area contributed by atoms with Crippen LogP contribution in [0.1, 0.15) is 16.7 Å². The number of rotatable bonds is 13. The van der Waals surface area contributed by atoms with E-state index in [4.69, 9.17) is 28.4 Å². The first-order valence-electron chi connectivity index (χ1n) is 14.7. The SMILES string of the molecule is OC[C@H]1O[C@@H](O[C@H]2O[C@H](COCc3ccccc3)[C@H](O)[C@H](OCc3ccccc3)[C@H]2OCc2ccccc2)[C@H](O)[C@@H](O)[C@@H]1O. The first-order valence-corrected chi connectivity index (χ1v) is 14.7. The van der Waals surface area contributed by atoms with Gasteiger partial charge < -0.3 is 54.0 Å². The fraction of sp³-hybridized carbons (Fsp3) is 0.455. The van der Waals surface area contributed by atoms with E-state index in [1.54, 1.807) is 0 Å². The number of aliphatic hydroxyl groups excluding tert-OH is 5. The maximum absolute atomic E-state index is 11.6. The highest BCUT2D eigenvalue weighted by Gasteiger charge is 2.51. The Bertz CT molecular complexity index is 1230. The average molecular weight is 613 g/mol. The Balaban J connectivity index is 1.39. The Kier molecular flexibility index (Phi) is 11.8. The van der Waals surface area contributed by atoms with Crippen LogP contribution in [0.5, 0.6) is 0 Å². The van der Waals surface area contributed by atoms with Crippen molar-refractivity contribution in [2.45, 2.75) is 81.2 Å². The summed E-state index contributed by atoms with van der Waals surface area (Å²) in [5, 5.41) is 52.6. The van der Waals surface area contributed by atoms with Gasteiger partial charge in [-0.2, -0.15) is 0 Å². The predicted octanol–water partition coefficient (Wildman–Crippen LogP) is 1.28. The molecule has 0 amide bonds. The Labute approximate surface area is 256 Å². The zero-order valence-electron chi connectivity index (χ0n) is 24.2. The van der Waals surface area contributed by atoms with Gasteiger partial charge in [0.05, 0.1) is 33.0 Å². The first-order chi connectivity index (χ1) is 21.4. The topological polar surface area (TPSA) is 157 Å². The summed E-state index contributed by atoms with van der Waals surface area (Å²) in [4.78, 5) is 0. The van der Waals surface area contributed by atoms with Crippen molar-refractivity contribution in [1.82, 2.24) is 0 Å². The Morgan fingerprint density at radius 2 is 1.02 bits per heavy atom. The third-order valence-electron chi connectivity index (χ3n) is 7.70. The van der Waals surface area contributed by atoms with E-state index in [2.05, 4.69) is 0 Å². The summed E-state index contributed by atoms with van der Waals surface area (Å²) < 4.78 is 36.3. The lowest BCUT2D eigenvalue weighted by Gasteiger charge is -2.47. The summed E-state index contributed by atoms with van der Waals surface area (Å²) in [6, 6.07) is 28.4. The second-order valence-corrected chi connectivity index (χ2v) is 10.9. The Hall–Kier alpha value is -2.78. The molecular weight excluding hydrogens is 572 g/mol. The molecule has 0 bridgehead atoms. The van der Waals surface area contributed by atoms with Gasteiger partial charge in [0.25, 0.3) is 0 Å². The molecule has 2 saturated heterocycles. The summed E-state index contributed by atoms with van der Waals surface area (Å²) in [6.07, 6.45) is -13.0. The molecule has 2 aliphatic heterocycles. The van der Waals surface area contributed by atoms with Crippen molar-refractivity contribution in [3.05, 3.63) is 108 Å². The van der Waals surface area contributed by atoms with E-state index in [1.807, 2.05) is 91.0 Å². The van der Waals surface area contributed by atoms with Crippen LogP contribution < -0.4 is 0 Å². The number of hydrogen-bond acceptors (Lipinski definition) is 11. The van der Waals surface area contributed by atoms with Gasteiger partial charge in [-0.05, 0) is 16.7 Å². The lowest BCUT2D eigenvalue weighted by molar-refractivity contribution is -0.384. The smallest absolute Gasteiger partial charge is 0.190 e. The van der Waals surface area contributed by atoms with E-state index in [0.717, 1.165) is 16.7 Å². The largest absolute Gasteiger partial charge is 0.394 e. The third kappa shape index (κ3) is 8.27. The molecule has 0 unspecified atom stereocenters. The van der Waals surface area contributed by atoms with Crippen LogP contribution in [0.4, 0.5) is 0 Å². The van der Waals surface area contributed by atoms with Crippen molar-refractivity contribution in [2.24, 2.45) is 0 Å². The lowest BCUT2D eigenvalue weighted by atomic mass is 9.97. The number of ether oxygens (including phenoxy) is 6. The Morgan fingerprint density at radius 1 is 0.523 bits per heavy atom. The van der Waals surface area contributed by atoms with Crippen LogP contribution in [0.2, 0.25) is 0 Å². The first kappa shape index (κ1) is 32.6. The molecule has 0 aromatic heterocycles. The Morgan fingerprint density at radius 3 is 1.57 bits per heavy atom. The lowest BCUT2D eigenvalue weighted by Crippen LogP contribution is -2.64. The van der Waals surface area contributed by atoms with Crippen LogP contribution in [-0.4, -0.2) is 100 Å². The molecule has 11 heteroatoms. The second kappa shape index (κ2) is 16.0. The second-order valence-electron chi connectivity index (χ2n) is 10.9. The number of benzene rings is 3. The molecular formula is C33H40O11. The maximum atomic E-state index is 11.6. The zero-order chi connectivity index (χ0) is 30.9. The molecule has 5 rings (SSSR count). The van der Waals surface area contributed by atoms with Crippen LogP contribution in [0.15, 0.2) is 91.0 Å². The molecule has 2 heterocycles. The van der Waals surface area contributed by atoms with Crippen LogP contribution >= 0.6 is 0 Å². The number of aliphatic hydroxyl groups is 5. The molecule has 0 aliphatic carbocycles. The van der Waals surface area contributed by atoms with Gasteiger partial charge in [-0.1, -0.05) is 91.0 Å². The molecule has 3 aromatic carbocycles. The predicted molar refractivity (Wildman–Crippen MR) is 156 cm³/mol. The van der Waals surface area contributed by atoms with Crippen molar-refractivity contribution < 1.29 is 54.0 Å². The van der Waals surface area contributed by atoms with Crippen LogP contribution in [0.3, 0.4) is 0 Å². The van der Waals surface area contributed by atoms with Gasteiger partial charge in [0.15, 0.2) is 12.6 Å². The highest BCUT2D eigenvalue weighted by molar-refractivity contribution is 5.15. The van der Waals surface area contributed by atoms with E-state index in [-0.39, 0.29) is 26.4 Å². The van der Waals surface area contributed by atoms with Crippen molar-refractivity contribution >= 4 is 0 Å². The summed E-state index contributed by atoms with van der Waals surface area (Å²) in [6.45, 7) is -0.104. The normalized spacial score (nSPS) is 32.4. The highest BCUT2D eigenvalue weighted by atomic mass is 16.8. The molecule has 0 radical (unpaired) electrons. The average Bonchev–Trinajstić information content (AvgIpc) is 3.06. The standard InChI is InChI=1S/C33H40O11/c34-16-24-26(35)28(37)29(38)32(42-24)44-33-31(41-19-23-14-8-3-9-15-23)30(40-18-22-12-6-2-7-13-22)27(36)25(43-33)20-39-17-21-10-4-1-5-11-21/h1-15,24-38H,16-20H2/t24-,25-,26-,27+,28+,29-,30+,31-,32+,33-/m1/s1. The summed E-state index contributed by atoms with van der Waals surface area (Å²) >= 11 is 0. The fourth-order valence-corrected chi connectivity index (χ4v) is 5.22. The molecule has 238 valence electrons. The molecule has 10 atom stereocenters. The minimum Gasteiger partial charge on any atom is -0.394 e. The van der Waals surface area contributed by atoms with E-state index in [9.17, 15) is 25.5 Å². The summed E-state index contributed by atoms with van der Waals surface area (Å²) in [5.74, 6) is 0. The zero-order valence-corrected chi connectivity index (χ0v) is 24.2. The van der Waals surface area contributed by atoms with E-state index < -0.39 is 68.0 Å². The van der Waals surface area contributed by atoms with Crippen LogP contribution in [-0.2, 0) is 48.2 Å². The van der Waals surface area contributed by atoms with Crippen LogP contribution in [0.25, 0.3) is 0 Å². The molecule has 3 aromatic rings. The van der Waals surface area contributed by atoms with Gasteiger partial charge >= 0.3 is 0 Å². The van der Waals surface area contributed by atoms with Gasteiger partial charge in [0.1, 0.15) is 48.8 Å². The maximum Gasteiger partial charge on any atom is 0.190 e. The highest BCUT2D eigenvalue weighted by Crippen LogP contribution is 2.32. The molecule has 2 fully saturated rings. The van der Waals surface area contributed by atoms with Gasteiger partial charge in [-0.15, -0.1) is 0 Å². The van der Waals surface area contributed by atoms with Gasteiger partial charge in [-0.3, -0.25) is 0 Å². The van der Waals surface area contributed by atoms with E-state index >= 15 is 0 Å².